The minimum absolute atomic E-state index is 0.0489. The number of aromatic amines is 1. The minimum atomic E-state index is -3.80. The average molecular weight is 519 g/mol. The first kappa shape index (κ1) is 27.0. The van der Waals surface area contributed by atoms with E-state index in [0.717, 1.165) is 22.9 Å². The summed E-state index contributed by atoms with van der Waals surface area (Å²) in [6.45, 7) is 1.32. The van der Waals surface area contributed by atoms with E-state index in [-0.39, 0.29) is 24.5 Å². The number of amides is 1. The van der Waals surface area contributed by atoms with E-state index in [9.17, 15) is 22.4 Å². The molecule has 1 amide bonds. The first-order chi connectivity index (χ1) is 17.1. The number of rotatable bonds is 12. The van der Waals surface area contributed by atoms with Crippen LogP contribution in [-0.4, -0.2) is 61.2 Å². The lowest BCUT2D eigenvalue weighted by atomic mass is 9.94. The molecule has 0 aliphatic rings. The standard InChI is InChI=1S/C24H27FN4O6S/c1-3-34-24(31)19(15-35-36(2,32)33)13-21(27-23(30)22-14-26-29-28-22)11-16-7-9-17(10-8-16)18-5-4-6-20(25)12-18/h4-10,12,14,19,21H,3,11,13,15H2,1-2H3,(H,27,30)(H,26,28,29)/t19-,21-/m1/s1. The van der Waals surface area contributed by atoms with Crippen molar-refractivity contribution in [3.05, 3.63) is 71.8 Å². The summed E-state index contributed by atoms with van der Waals surface area (Å²) in [5, 5.41) is 12.4. The molecule has 3 rings (SSSR count). The number of nitrogens with zero attached hydrogens (tertiary/aromatic N) is 2. The molecule has 0 aliphatic carbocycles. The summed E-state index contributed by atoms with van der Waals surface area (Å²) < 4.78 is 46.6. The highest BCUT2D eigenvalue weighted by atomic mass is 32.2. The molecule has 10 nitrogen and oxygen atoms in total. The van der Waals surface area contributed by atoms with Crippen molar-refractivity contribution in [3.8, 4) is 11.1 Å². The number of nitrogens with one attached hydrogen (secondary N) is 2. The molecule has 0 unspecified atom stereocenters. The Morgan fingerprint density at radius 2 is 1.89 bits per heavy atom. The van der Waals surface area contributed by atoms with Gasteiger partial charge in [0.1, 0.15) is 11.5 Å². The maximum atomic E-state index is 13.6. The number of carbonyl (C=O) groups is 2. The van der Waals surface area contributed by atoms with Crippen LogP contribution < -0.4 is 5.32 Å². The number of hydrogen-bond donors (Lipinski definition) is 2. The van der Waals surface area contributed by atoms with Gasteiger partial charge in [0, 0.05) is 6.04 Å². The van der Waals surface area contributed by atoms with E-state index in [1.54, 1.807) is 19.1 Å². The first-order valence-electron chi connectivity index (χ1n) is 11.2. The van der Waals surface area contributed by atoms with Gasteiger partial charge >= 0.3 is 5.97 Å². The fourth-order valence-electron chi connectivity index (χ4n) is 3.59. The molecule has 0 spiro atoms. The lowest BCUT2D eigenvalue weighted by Gasteiger charge is -2.23. The van der Waals surface area contributed by atoms with Crippen LogP contribution in [0.1, 0.15) is 29.4 Å². The van der Waals surface area contributed by atoms with Crippen molar-refractivity contribution in [1.29, 1.82) is 0 Å². The van der Waals surface area contributed by atoms with Gasteiger partial charge < -0.3 is 10.1 Å². The molecule has 0 saturated carbocycles. The molecule has 0 radical (unpaired) electrons. The van der Waals surface area contributed by atoms with Gasteiger partial charge in [-0.3, -0.25) is 18.9 Å². The van der Waals surface area contributed by atoms with Gasteiger partial charge in [-0.15, -0.1) is 5.10 Å². The third-order valence-electron chi connectivity index (χ3n) is 5.26. The SMILES string of the molecule is CCOC(=O)[C@@H](COS(C)(=O)=O)C[C@@H](Cc1ccc(-c2cccc(F)c2)cc1)NC(=O)c1cnn[nH]1. The highest BCUT2D eigenvalue weighted by Crippen LogP contribution is 2.22. The number of ether oxygens (including phenoxy) is 1. The first-order valence-corrected chi connectivity index (χ1v) is 13.0. The van der Waals surface area contributed by atoms with E-state index in [4.69, 9.17) is 8.92 Å². The topological polar surface area (TPSA) is 140 Å². The molecule has 2 aromatic carbocycles. The van der Waals surface area contributed by atoms with E-state index in [2.05, 4.69) is 20.7 Å². The summed E-state index contributed by atoms with van der Waals surface area (Å²) in [5.41, 5.74) is 2.49. The zero-order valence-corrected chi connectivity index (χ0v) is 20.6. The van der Waals surface area contributed by atoms with Gasteiger partial charge in [-0.1, -0.05) is 41.6 Å². The molecule has 1 aromatic heterocycles. The molecule has 0 saturated heterocycles. The second kappa shape index (κ2) is 12.4. The zero-order valence-electron chi connectivity index (χ0n) is 19.8. The third kappa shape index (κ3) is 8.24. The van der Waals surface area contributed by atoms with Crippen LogP contribution >= 0.6 is 0 Å². The fourth-order valence-corrected chi connectivity index (χ4v) is 4.00. The molecule has 192 valence electrons. The molecule has 2 N–H and O–H groups in total. The van der Waals surface area contributed by atoms with Gasteiger partial charge in [0.25, 0.3) is 16.0 Å². The molecular weight excluding hydrogens is 491 g/mol. The minimum Gasteiger partial charge on any atom is -0.466 e. The van der Waals surface area contributed by atoms with Crippen LogP contribution in [0.3, 0.4) is 0 Å². The van der Waals surface area contributed by atoms with E-state index in [1.165, 1.54) is 18.3 Å². The van der Waals surface area contributed by atoms with Gasteiger partial charge in [0.15, 0.2) is 0 Å². The summed E-state index contributed by atoms with van der Waals surface area (Å²) in [6, 6.07) is 13.0. The predicted molar refractivity (Wildman–Crippen MR) is 129 cm³/mol. The van der Waals surface area contributed by atoms with Crippen molar-refractivity contribution in [3.63, 3.8) is 0 Å². The molecule has 36 heavy (non-hydrogen) atoms. The maximum absolute atomic E-state index is 13.6. The van der Waals surface area contributed by atoms with Crippen molar-refractivity contribution in [2.75, 3.05) is 19.5 Å². The van der Waals surface area contributed by atoms with Crippen molar-refractivity contribution in [2.45, 2.75) is 25.8 Å². The number of halogens is 1. The van der Waals surface area contributed by atoms with E-state index in [0.29, 0.717) is 6.42 Å². The van der Waals surface area contributed by atoms with Crippen LogP contribution in [0.15, 0.2) is 54.7 Å². The average Bonchev–Trinajstić information content (AvgIpc) is 3.37. The van der Waals surface area contributed by atoms with Gasteiger partial charge in [-0.05, 0) is 48.6 Å². The largest absolute Gasteiger partial charge is 0.466 e. The Morgan fingerprint density at radius 3 is 2.50 bits per heavy atom. The Morgan fingerprint density at radius 1 is 1.14 bits per heavy atom. The monoisotopic (exact) mass is 518 g/mol. The molecular formula is C24H27FN4O6S. The Kier molecular flexibility index (Phi) is 9.25. The Labute approximate surface area is 208 Å². The molecule has 3 aromatic rings. The number of hydrogen-bond acceptors (Lipinski definition) is 8. The van der Waals surface area contributed by atoms with Crippen molar-refractivity contribution in [2.24, 2.45) is 5.92 Å². The van der Waals surface area contributed by atoms with E-state index < -0.39 is 40.6 Å². The summed E-state index contributed by atoms with van der Waals surface area (Å²) in [4.78, 5) is 25.2. The normalized spacial score (nSPS) is 13.1. The van der Waals surface area contributed by atoms with Gasteiger partial charge in [-0.2, -0.15) is 8.42 Å². The molecule has 0 aliphatic heterocycles. The van der Waals surface area contributed by atoms with Gasteiger partial charge in [0.2, 0.25) is 0 Å². The molecule has 12 heteroatoms. The summed E-state index contributed by atoms with van der Waals surface area (Å²) in [7, 11) is -3.80. The Balaban J connectivity index is 1.81. The zero-order chi connectivity index (χ0) is 26.1. The quantitative estimate of drug-likeness (QED) is 0.275. The summed E-state index contributed by atoms with van der Waals surface area (Å²) >= 11 is 0. The molecule has 0 bridgehead atoms. The Hall–Kier alpha value is -3.64. The number of H-pyrrole nitrogens is 1. The predicted octanol–water partition coefficient (Wildman–Crippen LogP) is 2.50. The number of aromatic nitrogens is 3. The van der Waals surface area contributed by atoms with Crippen molar-refractivity contribution >= 4 is 22.0 Å². The van der Waals surface area contributed by atoms with Crippen LogP contribution in [0.5, 0.6) is 0 Å². The van der Waals surface area contributed by atoms with E-state index >= 15 is 0 Å². The summed E-state index contributed by atoms with van der Waals surface area (Å²) in [6.07, 6.45) is 2.51. The van der Waals surface area contributed by atoms with E-state index in [1.807, 2.05) is 24.3 Å². The second-order valence-electron chi connectivity index (χ2n) is 8.13. The summed E-state index contributed by atoms with van der Waals surface area (Å²) in [5.74, 6) is -2.41. The van der Waals surface area contributed by atoms with Crippen molar-refractivity contribution in [1.82, 2.24) is 20.7 Å². The molecule has 0 fully saturated rings. The molecule has 2 atom stereocenters. The number of carbonyl (C=O) groups excluding carboxylic acids is 2. The van der Waals surface area contributed by atoms with Crippen molar-refractivity contribution < 1.29 is 31.3 Å². The highest BCUT2D eigenvalue weighted by Gasteiger charge is 2.28. The van der Waals surface area contributed by atoms with Gasteiger partial charge in [0.05, 0.1) is 31.6 Å². The highest BCUT2D eigenvalue weighted by molar-refractivity contribution is 7.85. The Bertz CT molecular complexity index is 1270. The number of esters is 1. The number of benzene rings is 2. The van der Waals surface area contributed by atoms with Crippen LogP contribution in [0.2, 0.25) is 0 Å². The van der Waals surface area contributed by atoms with Gasteiger partial charge in [-0.25, -0.2) is 4.39 Å². The van der Waals surface area contributed by atoms with Crippen LogP contribution in [0.25, 0.3) is 11.1 Å². The smallest absolute Gasteiger partial charge is 0.311 e. The lowest BCUT2D eigenvalue weighted by Crippen LogP contribution is -2.40. The van der Waals surface area contributed by atoms with Crippen LogP contribution in [0, 0.1) is 11.7 Å². The van der Waals surface area contributed by atoms with Crippen LogP contribution in [0.4, 0.5) is 4.39 Å². The second-order valence-corrected chi connectivity index (χ2v) is 9.77. The fraction of sp³-hybridized carbons (Fsp3) is 0.333. The molecule has 1 heterocycles. The lowest BCUT2D eigenvalue weighted by molar-refractivity contribution is -0.149. The third-order valence-corrected chi connectivity index (χ3v) is 5.83. The van der Waals surface area contributed by atoms with Crippen LogP contribution in [-0.2, 0) is 30.3 Å². The maximum Gasteiger partial charge on any atom is 0.311 e.